The minimum absolute atomic E-state index is 0.0148. The Bertz CT molecular complexity index is 1100. The number of carbonyl (C=O) groups excluding carboxylic acids is 2. The van der Waals surface area contributed by atoms with Crippen LogP contribution in [0.15, 0.2) is 41.3 Å². The van der Waals surface area contributed by atoms with Gasteiger partial charge in [0.05, 0.1) is 0 Å². The van der Waals surface area contributed by atoms with E-state index in [4.69, 9.17) is 11.6 Å². The summed E-state index contributed by atoms with van der Waals surface area (Å²) in [6, 6.07) is 7.50. The first kappa shape index (κ1) is 23.2. The summed E-state index contributed by atoms with van der Waals surface area (Å²) in [6.07, 6.45) is -0.0644. The van der Waals surface area contributed by atoms with Crippen LogP contribution in [0.5, 0.6) is 0 Å². The second kappa shape index (κ2) is 9.37. The molecule has 3 rings (SSSR count). The van der Waals surface area contributed by atoms with Crippen molar-refractivity contribution in [3.05, 3.63) is 64.4 Å². The summed E-state index contributed by atoms with van der Waals surface area (Å²) in [5.41, 5.74) is 0.432. The fraction of sp³-hybridized carbons (Fsp3) is 0.300. The number of piperazine rings is 1. The van der Waals surface area contributed by atoms with E-state index in [9.17, 15) is 31.2 Å². The Morgan fingerprint density at radius 2 is 1.48 bits per heavy atom. The van der Waals surface area contributed by atoms with Crippen LogP contribution in [-0.2, 0) is 14.8 Å². The molecule has 0 atom stereocenters. The van der Waals surface area contributed by atoms with Crippen molar-refractivity contribution in [3.63, 3.8) is 0 Å². The number of Topliss-reactive ketones (excluding diaryl/α,β-unsaturated/α-hetero) is 1. The van der Waals surface area contributed by atoms with E-state index < -0.39 is 32.4 Å². The van der Waals surface area contributed by atoms with Crippen molar-refractivity contribution in [2.45, 2.75) is 17.7 Å². The predicted octanol–water partition coefficient (Wildman–Crippen LogP) is 3.25. The fourth-order valence-corrected chi connectivity index (χ4v) is 4.79. The summed E-state index contributed by atoms with van der Waals surface area (Å²) in [7, 11) is -4.40. The topological polar surface area (TPSA) is 74.8 Å². The lowest BCUT2D eigenvalue weighted by molar-refractivity contribution is -0.132. The van der Waals surface area contributed by atoms with Gasteiger partial charge in [0, 0.05) is 49.6 Å². The van der Waals surface area contributed by atoms with E-state index >= 15 is 0 Å². The second-order valence-electron chi connectivity index (χ2n) is 6.89. The normalized spacial score (nSPS) is 15.2. The molecule has 0 unspecified atom stereocenters. The summed E-state index contributed by atoms with van der Waals surface area (Å²) in [6.45, 7) is -0.230. The van der Waals surface area contributed by atoms with E-state index in [1.54, 1.807) is 24.3 Å². The number of ketones is 1. The Hall–Kier alpha value is -2.43. The molecule has 1 saturated heterocycles. The largest absolute Gasteiger partial charge is 0.340 e. The van der Waals surface area contributed by atoms with Crippen molar-refractivity contribution in [2.75, 3.05) is 26.2 Å². The van der Waals surface area contributed by atoms with Gasteiger partial charge in [0.25, 0.3) is 0 Å². The number of amides is 1. The zero-order valence-electron chi connectivity index (χ0n) is 16.2. The molecule has 0 aliphatic carbocycles. The molecule has 0 N–H and O–H groups in total. The number of hydrogen-bond donors (Lipinski definition) is 0. The minimum atomic E-state index is -4.40. The highest BCUT2D eigenvalue weighted by molar-refractivity contribution is 7.89. The van der Waals surface area contributed by atoms with Gasteiger partial charge in [-0.25, -0.2) is 21.6 Å². The standard InChI is InChI=1S/C20H18ClF3N2O4S/c21-14-3-1-13(2-4-14)16(27)6-8-18(28)25-9-11-26(12-10-25)31(29,30)17-7-5-15(22)19(23)20(17)24/h1-5,7H,6,8-12H2. The van der Waals surface area contributed by atoms with E-state index in [1.807, 2.05) is 0 Å². The summed E-state index contributed by atoms with van der Waals surface area (Å²) in [5.74, 6) is -5.67. The molecule has 0 radical (unpaired) electrons. The number of halogens is 4. The van der Waals surface area contributed by atoms with Gasteiger partial charge < -0.3 is 4.90 Å². The molecule has 0 aromatic heterocycles. The van der Waals surface area contributed by atoms with Crippen LogP contribution >= 0.6 is 11.6 Å². The minimum Gasteiger partial charge on any atom is -0.340 e. The quantitative estimate of drug-likeness (QED) is 0.476. The maximum atomic E-state index is 13.9. The number of nitrogens with zero attached hydrogens (tertiary/aromatic N) is 2. The van der Waals surface area contributed by atoms with Gasteiger partial charge >= 0.3 is 0 Å². The molecule has 166 valence electrons. The third-order valence-electron chi connectivity index (χ3n) is 4.94. The molecule has 1 amide bonds. The van der Waals surface area contributed by atoms with Gasteiger partial charge in [-0.15, -0.1) is 0 Å². The average molecular weight is 475 g/mol. The molecule has 6 nitrogen and oxygen atoms in total. The highest BCUT2D eigenvalue weighted by Crippen LogP contribution is 2.24. The van der Waals surface area contributed by atoms with Gasteiger partial charge in [0.15, 0.2) is 23.2 Å². The van der Waals surface area contributed by atoms with Crippen LogP contribution in [0.3, 0.4) is 0 Å². The number of hydrogen-bond acceptors (Lipinski definition) is 4. The third kappa shape index (κ3) is 5.08. The number of carbonyl (C=O) groups is 2. The molecule has 0 spiro atoms. The molecule has 2 aromatic carbocycles. The van der Waals surface area contributed by atoms with Crippen LogP contribution < -0.4 is 0 Å². The first-order valence-electron chi connectivity index (χ1n) is 9.31. The van der Waals surface area contributed by atoms with Crippen LogP contribution in [0.4, 0.5) is 13.2 Å². The van der Waals surface area contributed by atoms with Crippen LogP contribution in [0.25, 0.3) is 0 Å². The van der Waals surface area contributed by atoms with E-state index in [2.05, 4.69) is 0 Å². The molecular weight excluding hydrogens is 457 g/mol. The summed E-state index contributed by atoms with van der Waals surface area (Å²) in [5, 5.41) is 0.490. The van der Waals surface area contributed by atoms with Crippen molar-refractivity contribution < 1.29 is 31.2 Å². The van der Waals surface area contributed by atoms with Crippen molar-refractivity contribution >= 4 is 33.3 Å². The monoisotopic (exact) mass is 474 g/mol. The Morgan fingerprint density at radius 3 is 2.10 bits per heavy atom. The van der Waals surface area contributed by atoms with Crippen LogP contribution in [-0.4, -0.2) is 55.5 Å². The number of sulfonamides is 1. The highest BCUT2D eigenvalue weighted by Gasteiger charge is 2.33. The van der Waals surface area contributed by atoms with Gasteiger partial charge in [0.2, 0.25) is 15.9 Å². The predicted molar refractivity (Wildman–Crippen MR) is 107 cm³/mol. The molecular formula is C20H18ClF3N2O4S. The van der Waals surface area contributed by atoms with Crippen molar-refractivity contribution in [1.29, 1.82) is 0 Å². The van der Waals surface area contributed by atoms with Crippen molar-refractivity contribution in [2.24, 2.45) is 0 Å². The van der Waals surface area contributed by atoms with Crippen LogP contribution in [0.1, 0.15) is 23.2 Å². The van der Waals surface area contributed by atoms with Gasteiger partial charge in [-0.05, 0) is 36.4 Å². The number of benzene rings is 2. The van der Waals surface area contributed by atoms with Gasteiger partial charge in [-0.3, -0.25) is 9.59 Å². The first-order chi connectivity index (χ1) is 14.6. The SMILES string of the molecule is O=C(CCC(=O)N1CCN(S(=O)(=O)c2ccc(F)c(F)c2F)CC1)c1ccc(Cl)cc1. The lowest BCUT2D eigenvalue weighted by Crippen LogP contribution is -2.50. The second-order valence-corrected chi connectivity index (χ2v) is 9.23. The molecule has 1 fully saturated rings. The summed E-state index contributed by atoms with van der Waals surface area (Å²) >= 11 is 5.78. The van der Waals surface area contributed by atoms with Gasteiger partial charge in [-0.2, -0.15) is 4.31 Å². The van der Waals surface area contributed by atoms with Gasteiger partial charge in [-0.1, -0.05) is 11.6 Å². The Balaban J connectivity index is 1.57. The van der Waals surface area contributed by atoms with E-state index in [0.717, 1.165) is 4.31 Å². The number of rotatable bonds is 6. The Morgan fingerprint density at radius 1 is 0.871 bits per heavy atom. The smallest absolute Gasteiger partial charge is 0.246 e. The fourth-order valence-electron chi connectivity index (χ4n) is 3.18. The molecule has 2 aromatic rings. The molecule has 0 saturated carbocycles. The third-order valence-corrected chi connectivity index (χ3v) is 7.11. The zero-order valence-corrected chi connectivity index (χ0v) is 17.7. The van der Waals surface area contributed by atoms with Crippen molar-refractivity contribution in [3.8, 4) is 0 Å². The van der Waals surface area contributed by atoms with Crippen molar-refractivity contribution in [1.82, 2.24) is 9.21 Å². The molecule has 11 heteroatoms. The summed E-state index contributed by atoms with van der Waals surface area (Å²) < 4.78 is 66.5. The first-order valence-corrected chi connectivity index (χ1v) is 11.1. The van der Waals surface area contributed by atoms with E-state index in [0.29, 0.717) is 22.7 Å². The molecule has 1 aliphatic heterocycles. The average Bonchev–Trinajstić information content (AvgIpc) is 2.76. The Labute approximate surface area is 182 Å². The van der Waals surface area contributed by atoms with Crippen LogP contribution in [0.2, 0.25) is 5.02 Å². The molecule has 1 aliphatic rings. The Kier molecular flexibility index (Phi) is 7.03. The van der Waals surface area contributed by atoms with E-state index in [1.165, 1.54) is 4.90 Å². The highest BCUT2D eigenvalue weighted by atomic mass is 35.5. The molecule has 31 heavy (non-hydrogen) atoms. The van der Waals surface area contributed by atoms with Crippen LogP contribution in [0, 0.1) is 17.5 Å². The lowest BCUT2D eigenvalue weighted by Gasteiger charge is -2.34. The molecule has 1 heterocycles. The zero-order chi connectivity index (χ0) is 22.8. The summed E-state index contributed by atoms with van der Waals surface area (Å²) in [4.78, 5) is 25.0. The molecule has 0 bridgehead atoms. The maximum absolute atomic E-state index is 13.9. The van der Waals surface area contributed by atoms with E-state index in [-0.39, 0.29) is 50.7 Å². The lowest BCUT2D eigenvalue weighted by atomic mass is 10.1. The van der Waals surface area contributed by atoms with Gasteiger partial charge in [0.1, 0.15) is 4.90 Å². The maximum Gasteiger partial charge on any atom is 0.246 e.